The first-order valence-electron chi connectivity index (χ1n) is 8.92. The van der Waals surface area contributed by atoms with Gasteiger partial charge >= 0.3 is 0 Å². The third-order valence-corrected chi connectivity index (χ3v) is 3.97. The largest absolute Gasteiger partial charge is 0.492 e. The zero-order valence-electron chi connectivity index (χ0n) is 15.4. The van der Waals surface area contributed by atoms with Crippen molar-refractivity contribution in [2.24, 2.45) is 0 Å². The Hall–Kier alpha value is -3.41. The van der Waals surface area contributed by atoms with Crippen molar-refractivity contribution in [1.29, 1.82) is 0 Å². The number of ether oxygens (including phenoxy) is 1. The van der Waals surface area contributed by atoms with E-state index in [1.54, 1.807) is 18.3 Å². The number of hydrogen-bond donors (Lipinski definition) is 2. The Bertz CT molecular complexity index is 927. The number of nitrogens with one attached hydrogen (secondary N) is 2. The van der Waals surface area contributed by atoms with Crippen molar-refractivity contribution in [2.45, 2.75) is 20.3 Å². The predicted octanol–water partition coefficient (Wildman–Crippen LogP) is 4.43. The molecule has 2 aromatic carbocycles. The number of nitrogens with zero attached hydrogens (tertiary/aromatic N) is 2. The van der Waals surface area contributed by atoms with Gasteiger partial charge in [-0.2, -0.15) is 0 Å². The molecule has 0 radical (unpaired) electrons. The average Bonchev–Trinajstić information content (AvgIpc) is 2.70. The zero-order chi connectivity index (χ0) is 19.1. The molecule has 0 unspecified atom stereocenters. The van der Waals surface area contributed by atoms with E-state index in [-0.39, 0.29) is 11.6 Å². The van der Waals surface area contributed by atoms with E-state index in [2.05, 4.69) is 27.5 Å². The van der Waals surface area contributed by atoms with Crippen molar-refractivity contribution in [3.8, 4) is 5.75 Å². The van der Waals surface area contributed by atoms with Gasteiger partial charge in [-0.1, -0.05) is 37.3 Å². The number of rotatable bonds is 7. The van der Waals surface area contributed by atoms with Gasteiger partial charge in [0, 0.05) is 11.9 Å². The minimum atomic E-state index is -0.323. The number of anilines is 3. The average molecular weight is 362 g/mol. The molecule has 0 fully saturated rings. The van der Waals surface area contributed by atoms with Crippen molar-refractivity contribution in [3.63, 3.8) is 0 Å². The van der Waals surface area contributed by atoms with Gasteiger partial charge in [0.2, 0.25) is 5.95 Å². The van der Waals surface area contributed by atoms with E-state index in [9.17, 15) is 4.79 Å². The molecule has 0 saturated heterocycles. The summed E-state index contributed by atoms with van der Waals surface area (Å²) in [5, 5.41) is 6.03. The van der Waals surface area contributed by atoms with Crippen LogP contribution in [0.5, 0.6) is 5.75 Å². The summed E-state index contributed by atoms with van der Waals surface area (Å²) < 4.78 is 5.54. The maximum atomic E-state index is 12.6. The Labute approximate surface area is 158 Å². The number of para-hydroxylation sites is 3. The Balaban J connectivity index is 1.78. The number of amides is 1. The molecule has 2 N–H and O–H groups in total. The molecule has 0 spiro atoms. The Kier molecular flexibility index (Phi) is 5.99. The molecule has 0 bridgehead atoms. The lowest BCUT2D eigenvalue weighted by atomic mass is 10.1. The number of carbonyl (C=O) groups excluding carboxylic acids is 1. The standard InChI is InChI=1S/C21H22N4O2/c1-3-15-9-5-6-10-16(15)24-21-22-14-13-18(25-21)20(26)23-17-11-7-8-12-19(17)27-4-2/h5-14H,3-4H2,1-2H3,(H,23,26)(H,22,24,25). The molecule has 3 aromatic rings. The predicted molar refractivity (Wildman–Crippen MR) is 107 cm³/mol. The zero-order valence-corrected chi connectivity index (χ0v) is 15.4. The highest BCUT2D eigenvalue weighted by molar-refractivity contribution is 6.03. The molecule has 0 aliphatic rings. The van der Waals surface area contributed by atoms with Crippen molar-refractivity contribution in [1.82, 2.24) is 9.97 Å². The number of benzene rings is 2. The van der Waals surface area contributed by atoms with Gasteiger partial charge in [0.25, 0.3) is 5.91 Å². The van der Waals surface area contributed by atoms with Gasteiger partial charge in [0.05, 0.1) is 12.3 Å². The lowest BCUT2D eigenvalue weighted by Crippen LogP contribution is -2.15. The maximum absolute atomic E-state index is 12.6. The highest BCUT2D eigenvalue weighted by atomic mass is 16.5. The fourth-order valence-corrected chi connectivity index (χ4v) is 2.65. The van der Waals surface area contributed by atoms with Gasteiger partial charge in [-0.05, 0) is 43.2 Å². The molecule has 3 rings (SSSR count). The van der Waals surface area contributed by atoms with Crippen LogP contribution in [0.25, 0.3) is 0 Å². The van der Waals surface area contributed by atoms with Gasteiger partial charge in [-0.25, -0.2) is 9.97 Å². The van der Waals surface area contributed by atoms with E-state index in [4.69, 9.17) is 4.74 Å². The highest BCUT2D eigenvalue weighted by Gasteiger charge is 2.12. The molecule has 1 aromatic heterocycles. The van der Waals surface area contributed by atoms with Gasteiger partial charge in [0.15, 0.2) is 0 Å². The van der Waals surface area contributed by atoms with E-state index in [0.717, 1.165) is 17.7 Å². The summed E-state index contributed by atoms with van der Waals surface area (Å²) in [5.74, 6) is 0.677. The topological polar surface area (TPSA) is 76.1 Å². The number of aryl methyl sites for hydroxylation is 1. The molecule has 0 aliphatic carbocycles. The Morgan fingerprint density at radius 3 is 2.52 bits per heavy atom. The molecule has 138 valence electrons. The summed E-state index contributed by atoms with van der Waals surface area (Å²) in [6.07, 6.45) is 2.45. The first-order chi connectivity index (χ1) is 13.2. The second kappa shape index (κ2) is 8.80. The first kappa shape index (κ1) is 18.4. The maximum Gasteiger partial charge on any atom is 0.274 e. The van der Waals surface area contributed by atoms with E-state index in [0.29, 0.717) is 24.0 Å². The van der Waals surface area contributed by atoms with Crippen LogP contribution < -0.4 is 15.4 Å². The van der Waals surface area contributed by atoms with Crippen molar-refractivity contribution < 1.29 is 9.53 Å². The second-order valence-electron chi connectivity index (χ2n) is 5.78. The van der Waals surface area contributed by atoms with E-state index in [1.807, 2.05) is 49.4 Å². The van der Waals surface area contributed by atoms with Gasteiger partial charge in [-0.3, -0.25) is 4.79 Å². The van der Waals surface area contributed by atoms with E-state index in [1.165, 1.54) is 0 Å². The monoisotopic (exact) mass is 362 g/mol. The van der Waals surface area contributed by atoms with E-state index >= 15 is 0 Å². The number of aromatic nitrogens is 2. The quantitative estimate of drug-likeness (QED) is 0.650. The summed E-state index contributed by atoms with van der Waals surface area (Å²) in [5.41, 5.74) is 2.96. The third-order valence-electron chi connectivity index (χ3n) is 3.97. The van der Waals surface area contributed by atoms with Crippen LogP contribution >= 0.6 is 0 Å². The fraction of sp³-hybridized carbons (Fsp3) is 0.190. The summed E-state index contributed by atoms with van der Waals surface area (Å²) in [7, 11) is 0. The van der Waals surface area contributed by atoms with Crippen LogP contribution in [0.15, 0.2) is 60.8 Å². The van der Waals surface area contributed by atoms with Crippen LogP contribution in [-0.4, -0.2) is 22.5 Å². The third kappa shape index (κ3) is 4.61. The smallest absolute Gasteiger partial charge is 0.274 e. The number of hydrogen-bond acceptors (Lipinski definition) is 5. The molecular formula is C21H22N4O2. The Morgan fingerprint density at radius 1 is 1.00 bits per heavy atom. The van der Waals surface area contributed by atoms with Crippen LogP contribution in [0.3, 0.4) is 0 Å². The van der Waals surface area contributed by atoms with Gasteiger partial charge in [-0.15, -0.1) is 0 Å². The molecule has 0 aliphatic heterocycles. The minimum absolute atomic E-state index is 0.271. The first-order valence-corrected chi connectivity index (χ1v) is 8.92. The van der Waals surface area contributed by atoms with E-state index < -0.39 is 0 Å². The lowest BCUT2D eigenvalue weighted by molar-refractivity contribution is 0.102. The number of carbonyl (C=O) groups is 1. The van der Waals surface area contributed by atoms with Crippen LogP contribution in [0.4, 0.5) is 17.3 Å². The van der Waals surface area contributed by atoms with Crippen molar-refractivity contribution in [3.05, 3.63) is 72.1 Å². The summed E-state index contributed by atoms with van der Waals surface area (Å²) in [4.78, 5) is 21.2. The highest BCUT2D eigenvalue weighted by Crippen LogP contribution is 2.24. The van der Waals surface area contributed by atoms with Gasteiger partial charge in [0.1, 0.15) is 11.4 Å². The normalized spacial score (nSPS) is 10.3. The summed E-state index contributed by atoms with van der Waals surface area (Å²) in [6.45, 7) is 4.50. The van der Waals surface area contributed by atoms with Crippen molar-refractivity contribution >= 4 is 23.2 Å². The molecule has 0 atom stereocenters. The second-order valence-corrected chi connectivity index (χ2v) is 5.78. The fourth-order valence-electron chi connectivity index (χ4n) is 2.65. The van der Waals surface area contributed by atoms with Crippen LogP contribution in [-0.2, 0) is 6.42 Å². The summed E-state index contributed by atoms with van der Waals surface area (Å²) in [6, 6.07) is 16.8. The van der Waals surface area contributed by atoms with Crippen molar-refractivity contribution in [2.75, 3.05) is 17.2 Å². The molecule has 1 amide bonds. The molecule has 6 heteroatoms. The summed E-state index contributed by atoms with van der Waals surface area (Å²) >= 11 is 0. The SMILES string of the molecule is CCOc1ccccc1NC(=O)c1ccnc(Nc2ccccc2CC)n1. The lowest BCUT2D eigenvalue weighted by Gasteiger charge is -2.12. The van der Waals surface area contributed by atoms with Gasteiger partial charge < -0.3 is 15.4 Å². The van der Waals surface area contributed by atoms with Crippen LogP contribution in [0, 0.1) is 0 Å². The Morgan fingerprint density at radius 2 is 1.74 bits per heavy atom. The molecular weight excluding hydrogens is 340 g/mol. The van der Waals surface area contributed by atoms with Crippen LogP contribution in [0.2, 0.25) is 0 Å². The molecule has 6 nitrogen and oxygen atoms in total. The van der Waals surface area contributed by atoms with Crippen LogP contribution in [0.1, 0.15) is 29.9 Å². The molecule has 27 heavy (non-hydrogen) atoms. The molecule has 0 saturated carbocycles. The minimum Gasteiger partial charge on any atom is -0.492 e. The molecule has 1 heterocycles.